The molecule has 1 aliphatic rings. The van der Waals surface area contributed by atoms with Gasteiger partial charge in [-0.2, -0.15) is 10.1 Å². The minimum Gasteiger partial charge on any atom is -0.480 e. The summed E-state index contributed by atoms with van der Waals surface area (Å²) in [6, 6.07) is 5.81. The van der Waals surface area contributed by atoms with Gasteiger partial charge >= 0.3 is 0 Å². The molecule has 4 rings (SSSR count). The van der Waals surface area contributed by atoms with Crippen molar-refractivity contribution in [3.05, 3.63) is 41.7 Å². The number of carbonyl (C=O) groups is 1. The first-order chi connectivity index (χ1) is 13.1. The number of aryl methyl sites for hydroxylation is 1. The molecule has 140 valence electrons. The summed E-state index contributed by atoms with van der Waals surface area (Å²) >= 11 is 1.60. The van der Waals surface area contributed by atoms with Gasteiger partial charge in [0.2, 0.25) is 11.8 Å². The number of amides is 1. The second-order valence-electron chi connectivity index (χ2n) is 6.20. The SMILES string of the molecule is COc1cncc(OC2CCN(C(=O)c3cc(-c4cccs4)nn3C)C2)n1. The van der Waals surface area contributed by atoms with Crippen molar-refractivity contribution in [1.29, 1.82) is 0 Å². The third-order valence-corrected chi connectivity index (χ3v) is 5.28. The van der Waals surface area contributed by atoms with Gasteiger partial charge < -0.3 is 14.4 Å². The Morgan fingerprint density at radius 3 is 2.96 bits per heavy atom. The van der Waals surface area contributed by atoms with Gasteiger partial charge in [0.05, 0.1) is 30.9 Å². The fourth-order valence-electron chi connectivity index (χ4n) is 3.04. The fourth-order valence-corrected chi connectivity index (χ4v) is 3.72. The van der Waals surface area contributed by atoms with E-state index >= 15 is 0 Å². The lowest BCUT2D eigenvalue weighted by atomic mass is 10.3. The van der Waals surface area contributed by atoms with Crippen LogP contribution in [0.15, 0.2) is 36.0 Å². The number of carbonyl (C=O) groups excluding carboxylic acids is 1. The summed E-state index contributed by atoms with van der Waals surface area (Å²) in [6.07, 6.45) is 3.67. The zero-order chi connectivity index (χ0) is 18.8. The summed E-state index contributed by atoms with van der Waals surface area (Å²) in [5, 5.41) is 6.46. The van der Waals surface area contributed by atoms with Gasteiger partial charge in [0.25, 0.3) is 5.91 Å². The first kappa shape index (κ1) is 17.5. The van der Waals surface area contributed by atoms with Crippen molar-refractivity contribution in [2.24, 2.45) is 7.05 Å². The van der Waals surface area contributed by atoms with E-state index in [2.05, 4.69) is 15.1 Å². The number of thiophene rings is 1. The molecule has 0 N–H and O–H groups in total. The lowest BCUT2D eigenvalue weighted by Gasteiger charge is -2.16. The second-order valence-corrected chi connectivity index (χ2v) is 7.14. The van der Waals surface area contributed by atoms with Gasteiger partial charge in [-0.15, -0.1) is 11.3 Å². The number of rotatable bonds is 5. The van der Waals surface area contributed by atoms with Crippen molar-refractivity contribution < 1.29 is 14.3 Å². The third-order valence-electron chi connectivity index (χ3n) is 4.39. The molecular formula is C18H19N5O3S. The lowest BCUT2D eigenvalue weighted by molar-refractivity contribution is 0.0760. The summed E-state index contributed by atoms with van der Waals surface area (Å²) < 4.78 is 12.6. The van der Waals surface area contributed by atoms with Gasteiger partial charge in [-0.05, 0) is 17.5 Å². The van der Waals surface area contributed by atoms with Gasteiger partial charge in [-0.1, -0.05) is 6.07 Å². The minimum atomic E-state index is -0.125. The predicted molar refractivity (Wildman–Crippen MR) is 100 cm³/mol. The van der Waals surface area contributed by atoms with E-state index < -0.39 is 0 Å². The van der Waals surface area contributed by atoms with Crippen molar-refractivity contribution in [2.75, 3.05) is 20.2 Å². The number of hydrogen-bond donors (Lipinski definition) is 0. The summed E-state index contributed by atoms with van der Waals surface area (Å²) in [5.74, 6) is 0.749. The normalized spacial score (nSPS) is 16.5. The Hall–Kier alpha value is -2.94. The fraction of sp³-hybridized carbons (Fsp3) is 0.333. The maximum absolute atomic E-state index is 12.9. The molecule has 8 nitrogen and oxygen atoms in total. The predicted octanol–water partition coefficient (Wildman–Crippen LogP) is 2.24. The molecule has 0 radical (unpaired) electrons. The highest BCUT2D eigenvalue weighted by Crippen LogP contribution is 2.25. The van der Waals surface area contributed by atoms with Crippen LogP contribution in [0.1, 0.15) is 16.9 Å². The molecule has 3 aromatic heterocycles. The number of likely N-dealkylation sites (tertiary alicyclic amines) is 1. The first-order valence-electron chi connectivity index (χ1n) is 8.54. The smallest absolute Gasteiger partial charge is 0.272 e. The summed E-state index contributed by atoms with van der Waals surface area (Å²) in [6.45, 7) is 1.12. The monoisotopic (exact) mass is 385 g/mol. The van der Waals surface area contributed by atoms with Crippen molar-refractivity contribution >= 4 is 17.2 Å². The molecule has 1 saturated heterocycles. The van der Waals surface area contributed by atoms with Crippen LogP contribution in [-0.4, -0.2) is 56.9 Å². The molecule has 0 bridgehead atoms. The number of nitrogens with zero attached hydrogens (tertiary/aromatic N) is 5. The van der Waals surface area contributed by atoms with Crippen LogP contribution in [0.3, 0.4) is 0 Å². The Bertz CT molecular complexity index is 940. The van der Waals surface area contributed by atoms with E-state index in [-0.39, 0.29) is 12.0 Å². The van der Waals surface area contributed by atoms with E-state index in [1.807, 2.05) is 23.6 Å². The van der Waals surface area contributed by atoms with Gasteiger partial charge in [0, 0.05) is 20.0 Å². The average Bonchev–Trinajstić information content (AvgIpc) is 3.42. The molecule has 27 heavy (non-hydrogen) atoms. The standard InChI is InChI=1S/C18H19N5O3S/c1-22-14(8-13(21-22)15-4-3-7-27-15)18(24)23-6-5-12(11-23)26-17-10-19-9-16(20-17)25-2/h3-4,7-10,12H,5-6,11H2,1-2H3. The number of hydrogen-bond acceptors (Lipinski definition) is 7. The molecule has 1 aliphatic heterocycles. The Labute approximate surface area is 160 Å². The largest absolute Gasteiger partial charge is 0.480 e. The molecule has 1 amide bonds. The maximum Gasteiger partial charge on any atom is 0.272 e. The van der Waals surface area contributed by atoms with Crippen molar-refractivity contribution in [2.45, 2.75) is 12.5 Å². The molecule has 4 heterocycles. The van der Waals surface area contributed by atoms with Gasteiger partial charge in [0.15, 0.2) is 0 Å². The molecule has 1 atom stereocenters. The van der Waals surface area contributed by atoms with Crippen LogP contribution in [0.4, 0.5) is 0 Å². The molecule has 0 saturated carbocycles. The highest BCUT2D eigenvalue weighted by Gasteiger charge is 2.30. The number of methoxy groups -OCH3 is 1. The maximum atomic E-state index is 12.9. The van der Waals surface area contributed by atoms with Gasteiger partial charge in [-0.25, -0.2) is 0 Å². The van der Waals surface area contributed by atoms with Crippen molar-refractivity contribution in [3.63, 3.8) is 0 Å². The van der Waals surface area contributed by atoms with Crippen LogP contribution >= 0.6 is 11.3 Å². The topological polar surface area (TPSA) is 82.4 Å². The Morgan fingerprint density at radius 2 is 2.19 bits per heavy atom. The van der Waals surface area contributed by atoms with Crippen LogP contribution in [0.5, 0.6) is 11.8 Å². The van der Waals surface area contributed by atoms with Crippen LogP contribution in [0.2, 0.25) is 0 Å². The van der Waals surface area contributed by atoms with Crippen LogP contribution in [0, 0.1) is 0 Å². The summed E-state index contributed by atoms with van der Waals surface area (Å²) in [7, 11) is 3.32. The number of aromatic nitrogens is 4. The quantitative estimate of drug-likeness (QED) is 0.670. The van der Waals surface area contributed by atoms with E-state index in [1.54, 1.807) is 34.2 Å². The Kier molecular flexibility index (Phi) is 4.76. The number of ether oxygens (including phenoxy) is 2. The highest BCUT2D eigenvalue weighted by atomic mass is 32.1. The van der Waals surface area contributed by atoms with Crippen LogP contribution in [0.25, 0.3) is 10.6 Å². The van der Waals surface area contributed by atoms with E-state index in [9.17, 15) is 4.79 Å². The molecular weight excluding hydrogens is 366 g/mol. The van der Waals surface area contributed by atoms with Crippen LogP contribution in [-0.2, 0) is 7.05 Å². The highest BCUT2D eigenvalue weighted by molar-refractivity contribution is 7.13. The van der Waals surface area contributed by atoms with E-state index in [0.29, 0.717) is 30.5 Å². The van der Waals surface area contributed by atoms with Gasteiger partial charge in [-0.3, -0.25) is 14.5 Å². The van der Waals surface area contributed by atoms with Crippen molar-refractivity contribution in [1.82, 2.24) is 24.6 Å². The van der Waals surface area contributed by atoms with Gasteiger partial charge in [0.1, 0.15) is 17.5 Å². The molecule has 9 heteroatoms. The Morgan fingerprint density at radius 1 is 1.33 bits per heavy atom. The average molecular weight is 385 g/mol. The van der Waals surface area contributed by atoms with E-state index in [0.717, 1.165) is 17.0 Å². The summed E-state index contributed by atoms with van der Waals surface area (Å²) in [5.41, 5.74) is 1.38. The zero-order valence-electron chi connectivity index (χ0n) is 15.0. The van der Waals surface area contributed by atoms with Crippen LogP contribution < -0.4 is 9.47 Å². The zero-order valence-corrected chi connectivity index (χ0v) is 15.8. The molecule has 1 fully saturated rings. The van der Waals surface area contributed by atoms with E-state index in [1.165, 1.54) is 13.3 Å². The summed E-state index contributed by atoms with van der Waals surface area (Å²) in [4.78, 5) is 24.0. The molecule has 0 spiro atoms. The molecule has 0 aromatic carbocycles. The first-order valence-corrected chi connectivity index (χ1v) is 9.42. The third kappa shape index (κ3) is 3.63. The Balaban J connectivity index is 1.43. The molecule has 0 aliphatic carbocycles. The lowest BCUT2D eigenvalue weighted by Crippen LogP contribution is -2.32. The second kappa shape index (κ2) is 7.36. The van der Waals surface area contributed by atoms with Crippen molar-refractivity contribution in [3.8, 4) is 22.3 Å². The minimum absolute atomic E-state index is 0.0457. The van der Waals surface area contributed by atoms with E-state index in [4.69, 9.17) is 9.47 Å². The molecule has 3 aromatic rings. The molecule has 1 unspecified atom stereocenters.